The summed E-state index contributed by atoms with van der Waals surface area (Å²) >= 11 is 0. The number of rotatable bonds is 3. The molecule has 0 aliphatic rings. The number of aryl methyl sites for hydroxylation is 3. The number of H-pyrrole nitrogens is 1. The smallest absolute Gasteiger partial charge is 0.0825 e. The average molecular weight is 206 g/mol. The molecule has 0 atom stereocenters. The van der Waals surface area contributed by atoms with Crippen LogP contribution in [0.2, 0.25) is 0 Å². The maximum absolute atomic E-state index is 4.11. The second-order valence-electron chi connectivity index (χ2n) is 3.51. The summed E-state index contributed by atoms with van der Waals surface area (Å²) in [6.07, 6.45) is 1.75. The lowest BCUT2D eigenvalue weighted by Gasteiger charge is -2.05. The van der Waals surface area contributed by atoms with Crippen LogP contribution in [0.3, 0.4) is 0 Å². The van der Waals surface area contributed by atoms with Crippen LogP contribution in [0.4, 0.5) is 5.69 Å². The fourth-order valence-electron chi connectivity index (χ4n) is 1.46. The normalized spacial score (nSPS) is 10.6. The third-order valence-corrected chi connectivity index (χ3v) is 2.38. The minimum atomic E-state index is 0.699. The maximum atomic E-state index is 4.11. The van der Waals surface area contributed by atoms with E-state index in [0.29, 0.717) is 6.54 Å². The molecule has 0 spiro atoms. The van der Waals surface area contributed by atoms with Crippen molar-refractivity contribution in [2.45, 2.75) is 20.4 Å². The summed E-state index contributed by atoms with van der Waals surface area (Å²) in [5.41, 5.74) is 4.11. The van der Waals surface area contributed by atoms with E-state index in [0.717, 1.165) is 22.8 Å². The van der Waals surface area contributed by atoms with E-state index >= 15 is 0 Å². The minimum Gasteiger partial charge on any atom is -0.376 e. The van der Waals surface area contributed by atoms with Crippen LogP contribution in [-0.4, -0.2) is 25.2 Å². The molecule has 0 unspecified atom stereocenters. The predicted octanol–water partition coefficient (Wildman–Crippen LogP) is 0.767. The second kappa shape index (κ2) is 3.72. The fourth-order valence-corrected chi connectivity index (χ4v) is 1.46. The molecule has 0 bridgehead atoms. The van der Waals surface area contributed by atoms with Crippen molar-refractivity contribution in [3.8, 4) is 0 Å². The SMILES string of the molecule is Cc1n[nH]c(C)c1NCc1cnnn1C. The van der Waals surface area contributed by atoms with Crippen molar-refractivity contribution >= 4 is 5.69 Å². The van der Waals surface area contributed by atoms with Gasteiger partial charge in [-0.25, -0.2) is 0 Å². The van der Waals surface area contributed by atoms with Crippen molar-refractivity contribution in [3.05, 3.63) is 23.3 Å². The highest BCUT2D eigenvalue weighted by Crippen LogP contribution is 2.16. The number of nitrogens with one attached hydrogen (secondary N) is 2. The van der Waals surface area contributed by atoms with E-state index < -0.39 is 0 Å². The summed E-state index contributed by atoms with van der Waals surface area (Å²) in [7, 11) is 1.87. The van der Waals surface area contributed by atoms with Crippen LogP contribution >= 0.6 is 0 Å². The molecule has 0 saturated carbocycles. The Hall–Kier alpha value is -1.85. The monoisotopic (exact) mass is 206 g/mol. The summed E-state index contributed by atoms with van der Waals surface area (Å²) in [5, 5.41) is 18.0. The standard InChI is InChI=1S/C9H14N6/c1-6-9(7(2)13-12-6)10-4-8-5-11-14-15(8)3/h5,10H,4H2,1-3H3,(H,12,13). The van der Waals surface area contributed by atoms with Gasteiger partial charge >= 0.3 is 0 Å². The molecule has 2 heterocycles. The molecular weight excluding hydrogens is 192 g/mol. The Morgan fingerprint density at radius 2 is 2.27 bits per heavy atom. The van der Waals surface area contributed by atoms with Gasteiger partial charge in [-0.3, -0.25) is 9.78 Å². The number of aromatic amines is 1. The van der Waals surface area contributed by atoms with E-state index in [1.807, 2.05) is 20.9 Å². The third kappa shape index (κ3) is 1.83. The van der Waals surface area contributed by atoms with Gasteiger partial charge in [0, 0.05) is 7.05 Å². The van der Waals surface area contributed by atoms with Crippen molar-refractivity contribution < 1.29 is 0 Å². The molecule has 0 radical (unpaired) electrons. The number of hydrogen-bond acceptors (Lipinski definition) is 4. The summed E-state index contributed by atoms with van der Waals surface area (Å²) in [4.78, 5) is 0. The van der Waals surface area contributed by atoms with Crippen molar-refractivity contribution in [1.82, 2.24) is 25.2 Å². The molecule has 2 aromatic rings. The van der Waals surface area contributed by atoms with Crippen LogP contribution in [0.5, 0.6) is 0 Å². The molecule has 0 fully saturated rings. The number of anilines is 1. The van der Waals surface area contributed by atoms with E-state index in [1.54, 1.807) is 10.9 Å². The third-order valence-electron chi connectivity index (χ3n) is 2.38. The van der Waals surface area contributed by atoms with Gasteiger partial charge in [0.1, 0.15) is 0 Å². The highest BCUT2D eigenvalue weighted by atomic mass is 15.4. The van der Waals surface area contributed by atoms with Gasteiger partial charge in [-0.05, 0) is 13.8 Å². The summed E-state index contributed by atoms with van der Waals surface area (Å²) in [5.74, 6) is 0. The lowest BCUT2D eigenvalue weighted by molar-refractivity contribution is 0.683. The van der Waals surface area contributed by atoms with Gasteiger partial charge < -0.3 is 5.32 Å². The van der Waals surface area contributed by atoms with Gasteiger partial charge in [0.15, 0.2) is 0 Å². The molecule has 2 aromatic heterocycles. The molecule has 15 heavy (non-hydrogen) atoms. The van der Waals surface area contributed by atoms with Gasteiger partial charge in [0.2, 0.25) is 0 Å². The zero-order valence-electron chi connectivity index (χ0n) is 9.07. The Kier molecular flexibility index (Phi) is 2.40. The highest BCUT2D eigenvalue weighted by Gasteiger charge is 2.06. The maximum Gasteiger partial charge on any atom is 0.0825 e. The molecule has 2 N–H and O–H groups in total. The molecule has 6 heteroatoms. The van der Waals surface area contributed by atoms with Crippen molar-refractivity contribution in [1.29, 1.82) is 0 Å². The van der Waals surface area contributed by atoms with E-state index in [1.165, 1.54) is 0 Å². The molecule has 80 valence electrons. The van der Waals surface area contributed by atoms with E-state index in [-0.39, 0.29) is 0 Å². The van der Waals surface area contributed by atoms with Crippen LogP contribution in [0.25, 0.3) is 0 Å². The topological polar surface area (TPSA) is 71.4 Å². The van der Waals surface area contributed by atoms with Crippen molar-refractivity contribution in [2.24, 2.45) is 7.05 Å². The van der Waals surface area contributed by atoms with Crippen molar-refractivity contribution in [2.75, 3.05) is 5.32 Å². The highest BCUT2D eigenvalue weighted by molar-refractivity contribution is 5.51. The molecule has 2 rings (SSSR count). The Bertz CT molecular complexity index is 435. The molecule has 0 aliphatic carbocycles. The van der Waals surface area contributed by atoms with Crippen LogP contribution < -0.4 is 5.32 Å². The average Bonchev–Trinajstić information content (AvgIpc) is 2.73. The van der Waals surface area contributed by atoms with Gasteiger partial charge in [-0.15, -0.1) is 5.10 Å². The largest absolute Gasteiger partial charge is 0.376 e. The molecule has 0 amide bonds. The minimum absolute atomic E-state index is 0.699. The lowest BCUT2D eigenvalue weighted by Crippen LogP contribution is -2.06. The van der Waals surface area contributed by atoms with Gasteiger partial charge in [-0.1, -0.05) is 5.21 Å². The zero-order chi connectivity index (χ0) is 10.8. The second-order valence-corrected chi connectivity index (χ2v) is 3.51. The summed E-state index contributed by atoms with van der Waals surface area (Å²) < 4.78 is 1.75. The Morgan fingerprint density at radius 3 is 2.80 bits per heavy atom. The number of nitrogens with zero attached hydrogens (tertiary/aromatic N) is 4. The summed E-state index contributed by atoms with van der Waals surface area (Å²) in [6.45, 7) is 4.65. The first-order valence-corrected chi connectivity index (χ1v) is 4.77. The number of hydrogen-bond donors (Lipinski definition) is 2. The van der Waals surface area contributed by atoms with Gasteiger partial charge in [0.05, 0.1) is 35.5 Å². The quantitative estimate of drug-likeness (QED) is 0.778. The van der Waals surface area contributed by atoms with Crippen LogP contribution in [-0.2, 0) is 13.6 Å². The van der Waals surface area contributed by atoms with E-state index in [4.69, 9.17) is 0 Å². The fraction of sp³-hybridized carbons (Fsp3) is 0.444. The van der Waals surface area contributed by atoms with Crippen LogP contribution in [0, 0.1) is 13.8 Å². The zero-order valence-corrected chi connectivity index (χ0v) is 9.07. The first-order chi connectivity index (χ1) is 7.18. The molecule has 6 nitrogen and oxygen atoms in total. The molecule has 0 aliphatic heterocycles. The predicted molar refractivity (Wildman–Crippen MR) is 56.4 cm³/mol. The molecular formula is C9H14N6. The lowest BCUT2D eigenvalue weighted by atomic mass is 10.3. The van der Waals surface area contributed by atoms with Crippen molar-refractivity contribution in [3.63, 3.8) is 0 Å². The molecule has 0 aromatic carbocycles. The van der Waals surface area contributed by atoms with Gasteiger partial charge in [0.25, 0.3) is 0 Å². The Labute approximate surface area is 87.7 Å². The van der Waals surface area contributed by atoms with E-state index in [9.17, 15) is 0 Å². The first kappa shape index (κ1) is 9.70. The van der Waals surface area contributed by atoms with E-state index in [2.05, 4.69) is 25.8 Å². The summed E-state index contributed by atoms with van der Waals surface area (Å²) in [6, 6.07) is 0. The Balaban J connectivity index is 2.08. The molecule has 0 saturated heterocycles. The van der Waals surface area contributed by atoms with Gasteiger partial charge in [-0.2, -0.15) is 5.10 Å². The van der Waals surface area contributed by atoms with Crippen LogP contribution in [0.15, 0.2) is 6.20 Å². The Morgan fingerprint density at radius 1 is 1.47 bits per heavy atom. The number of aromatic nitrogens is 5. The van der Waals surface area contributed by atoms with Crippen LogP contribution in [0.1, 0.15) is 17.1 Å². The first-order valence-electron chi connectivity index (χ1n) is 4.77.